The highest BCUT2D eigenvalue weighted by atomic mass is 15.3. The third-order valence-corrected chi connectivity index (χ3v) is 2.71. The van der Waals surface area contributed by atoms with Crippen molar-refractivity contribution in [2.45, 2.75) is 6.92 Å². The standard InChI is InChI=1S/C11H17N5/c1-8-9-4-5-10(15(2)7-6-12)13-11(9)16(3)14-8/h4-5H,6-7,12H2,1-3H3. The number of aromatic nitrogens is 3. The summed E-state index contributed by atoms with van der Waals surface area (Å²) in [5, 5.41) is 5.45. The maximum atomic E-state index is 5.53. The van der Waals surface area contributed by atoms with E-state index >= 15 is 0 Å². The number of likely N-dealkylation sites (N-methyl/N-ethyl adjacent to an activating group) is 1. The van der Waals surface area contributed by atoms with Crippen molar-refractivity contribution in [3.8, 4) is 0 Å². The third kappa shape index (κ3) is 1.74. The summed E-state index contributed by atoms with van der Waals surface area (Å²) in [6.45, 7) is 3.42. The van der Waals surface area contributed by atoms with Crippen LogP contribution in [0.2, 0.25) is 0 Å². The Labute approximate surface area is 94.9 Å². The SMILES string of the molecule is Cc1nn(C)c2nc(N(C)CCN)ccc12. The zero-order valence-corrected chi connectivity index (χ0v) is 9.94. The smallest absolute Gasteiger partial charge is 0.160 e. The fourth-order valence-electron chi connectivity index (χ4n) is 1.81. The van der Waals surface area contributed by atoms with E-state index in [2.05, 4.69) is 16.1 Å². The van der Waals surface area contributed by atoms with E-state index in [1.807, 2.05) is 36.7 Å². The van der Waals surface area contributed by atoms with Crippen molar-refractivity contribution in [1.29, 1.82) is 0 Å². The van der Waals surface area contributed by atoms with Gasteiger partial charge in [-0.15, -0.1) is 0 Å². The Morgan fingerprint density at radius 1 is 1.44 bits per heavy atom. The van der Waals surface area contributed by atoms with Crippen LogP contribution in [0.15, 0.2) is 12.1 Å². The van der Waals surface area contributed by atoms with Gasteiger partial charge < -0.3 is 10.6 Å². The number of pyridine rings is 1. The van der Waals surface area contributed by atoms with E-state index in [1.54, 1.807) is 0 Å². The third-order valence-electron chi connectivity index (χ3n) is 2.71. The van der Waals surface area contributed by atoms with Crippen molar-refractivity contribution in [2.24, 2.45) is 12.8 Å². The molecular formula is C11H17N5. The molecule has 0 aliphatic carbocycles. The summed E-state index contributed by atoms with van der Waals surface area (Å²) in [6.07, 6.45) is 0. The normalized spacial score (nSPS) is 11.0. The van der Waals surface area contributed by atoms with Crippen LogP contribution >= 0.6 is 0 Å². The van der Waals surface area contributed by atoms with Crippen LogP contribution in [0.3, 0.4) is 0 Å². The van der Waals surface area contributed by atoms with Crippen molar-refractivity contribution >= 4 is 16.9 Å². The van der Waals surface area contributed by atoms with Gasteiger partial charge in [0.05, 0.1) is 5.69 Å². The second kappa shape index (κ2) is 4.09. The van der Waals surface area contributed by atoms with Gasteiger partial charge >= 0.3 is 0 Å². The van der Waals surface area contributed by atoms with Gasteiger partial charge in [-0.1, -0.05) is 0 Å². The molecule has 0 aromatic carbocycles. The van der Waals surface area contributed by atoms with E-state index in [0.717, 1.165) is 29.1 Å². The topological polar surface area (TPSA) is 60.0 Å². The summed E-state index contributed by atoms with van der Waals surface area (Å²) in [4.78, 5) is 6.63. The minimum absolute atomic E-state index is 0.626. The van der Waals surface area contributed by atoms with Gasteiger partial charge in [-0.2, -0.15) is 5.10 Å². The number of fused-ring (bicyclic) bond motifs is 1. The molecule has 16 heavy (non-hydrogen) atoms. The maximum absolute atomic E-state index is 5.53. The second-order valence-corrected chi connectivity index (χ2v) is 3.96. The number of anilines is 1. The molecule has 86 valence electrons. The Morgan fingerprint density at radius 2 is 2.19 bits per heavy atom. The number of nitrogens with two attached hydrogens (primary N) is 1. The molecule has 5 heteroatoms. The van der Waals surface area contributed by atoms with Crippen LogP contribution < -0.4 is 10.6 Å². The van der Waals surface area contributed by atoms with E-state index in [9.17, 15) is 0 Å². The van der Waals surface area contributed by atoms with E-state index < -0.39 is 0 Å². The second-order valence-electron chi connectivity index (χ2n) is 3.96. The quantitative estimate of drug-likeness (QED) is 0.824. The fourth-order valence-corrected chi connectivity index (χ4v) is 1.81. The number of hydrogen-bond donors (Lipinski definition) is 1. The Kier molecular flexibility index (Phi) is 2.78. The van der Waals surface area contributed by atoms with Crippen molar-refractivity contribution in [2.75, 3.05) is 25.0 Å². The van der Waals surface area contributed by atoms with Crippen LogP contribution in [-0.4, -0.2) is 34.9 Å². The zero-order valence-electron chi connectivity index (χ0n) is 9.94. The molecule has 0 fully saturated rings. The molecule has 2 rings (SSSR count). The molecule has 0 bridgehead atoms. The lowest BCUT2D eigenvalue weighted by atomic mass is 10.3. The molecule has 0 atom stereocenters. The number of hydrogen-bond acceptors (Lipinski definition) is 4. The molecule has 0 saturated heterocycles. The molecule has 0 aliphatic rings. The van der Waals surface area contributed by atoms with Crippen LogP contribution in [0.25, 0.3) is 11.0 Å². The molecule has 2 N–H and O–H groups in total. The van der Waals surface area contributed by atoms with Gasteiger partial charge in [0.25, 0.3) is 0 Å². The molecule has 0 spiro atoms. The summed E-state index contributed by atoms with van der Waals surface area (Å²) in [6, 6.07) is 4.07. The van der Waals surface area contributed by atoms with Crippen LogP contribution in [0.1, 0.15) is 5.69 Å². The van der Waals surface area contributed by atoms with E-state index in [1.165, 1.54) is 0 Å². The number of rotatable bonds is 3. The van der Waals surface area contributed by atoms with E-state index in [0.29, 0.717) is 6.54 Å². The largest absolute Gasteiger partial charge is 0.358 e. The Bertz CT molecular complexity index is 502. The van der Waals surface area contributed by atoms with Gasteiger partial charge in [0, 0.05) is 32.6 Å². The summed E-state index contributed by atoms with van der Waals surface area (Å²) in [7, 11) is 3.90. The first kappa shape index (κ1) is 10.9. The van der Waals surface area contributed by atoms with Crippen LogP contribution in [-0.2, 0) is 7.05 Å². The molecule has 0 unspecified atom stereocenters. The Balaban J connectivity index is 2.47. The Hall–Kier alpha value is -1.62. The van der Waals surface area contributed by atoms with Gasteiger partial charge in [-0.05, 0) is 19.1 Å². The highest BCUT2D eigenvalue weighted by Crippen LogP contribution is 2.19. The first-order valence-corrected chi connectivity index (χ1v) is 5.35. The highest BCUT2D eigenvalue weighted by Gasteiger charge is 2.08. The summed E-state index contributed by atoms with van der Waals surface area (Å²) < 4.78 is 1.81. The molecule has 0 radical (unpaired) electrons. The predicted molar refractivity (Wildman–Crippen MR) is 65.6 cm³/mol. The number of nitrogens with zero attached hydrogens (tertiary/aromatic N) is 4. The lowest BCUT2D eigenvalue weighted by Gasteiger charge is -2.16. The molecule has 0 aliphatic heterocycles. The predicted octanol–water partition coefficient (Wildman–Crippen LogP) is 0.672. The van der Waals surface area contributed by atoms with Gasteiger partial charge in [0.2, 0.25) is 0 Å². The monoisotopic (exact) mass is 219 g/mol. The van der Waals surface area contributed by atoms with Gasteiger partial charge in [-0.25, -0.2) is 4.98 Å². The van der Waals surface area contributed by atoms with Gasteiger partial charge in [0.15, 0.2) is 5.65 Å². The first-order chi connectivity index (χ1) is 7.63. The van der Waals surface area contributed by atoms with Crippen LogP contribution in [0, 0.1) is 6.92 Å². The highest BCUT2D eigenvalue weighted by molar-refractivity contribution is 5.79. The zero-order chi connectivity index (χ0) is 11.7. The van der Waals surface area contributed by atoms with E-state index in [4.69, 9.17) is 5.73 Å². The minimum Gasteiger partial charge on any atom is -0.358 e. The summed E-state index contributed by atoms with van der Waals surface area (Å²) in [5.74, 6) is 0.931. The van der Waals surface area contributed by atoms with Gasteiger partial charge in [-0.3, -0.25) is 4.68 Å². The number of aryl methyl sites for hydroxylation is 2. The maximum Gasteiger partial charge on any atom is 0.160 e. The molecule has 2 aromatic rings. The molecule has 5 nitrogen and oxygen atoms in total. The van der Waals surface area contributed by atoms with Crippen molar-refractivity contribution in [3.05, 3.63) is 17.8 Å². The molecule has 2 heterocycles. The molecule has 2 aromatic heterocycles. The van der Waals surface area contributed by atoms with Crippen LogP contribution in [0.5, 0.6) is 0 Å². The first-order valence-electron chi connectivity index (χ1n) is 5.35. The van der Waals surface area contributed by atoms with Crippen molar-refractivity contribution in [1.82, 2.24) is 14.8 Å². The molecule has 0 amide bonds. The van der Waals surface area contributed by atoms with Crippen molar-refractivity contribution < 1.29 is 0 Å². The van der Waals surface area contributed by atoms with Gasteiger partial charge in [0.1, 0.15) is 5.82 Å². The summed E-state index contributed by atoms with van der Waals surface area (Å²) in [5.41, 5.74) is 7.45. The average molecular weight is 219 g/mol. The molecular weight excluding hydrogens is 202 g/mol. The Morgan fingerprint density at radius 3 is 2.88 bits per heavy atom. The van der Waals surface area contributed by atoms with Crippen molar-refractivity contribution in [3.63, 3.8) is 0 Å². The minimum atomic E-state index is 0.626. The summed E-state index contributed by atoms with van der Waals surface area (Å²) >= 11 is 0. The lowest BCUT2D eigenvalue weighted by molar-refractivity contribution is 0.771. The lowest BCUT2D eigenvalue weighted by Crippen LogP contribution is -2.25. The molecule has 0 saturated carbocycles. The average Bonchev–Trinajstić information content (AvgIpc) is 2.55. The fraction of sp³-hybridized carbons (Fsp3) is 0.455. The van der Waals surface area contributed by atoms with E-state index in [-0.39, 0.29) is 0 Å². The van der Waals surface area contributed by atoms with Crippen LogP contribution in [0.4, 0.5) is 5.82 Å².